The van der Waals surface area contributed by atoms with Crippen molar-refractivity contribution in [1.82, 2.24) is 20.0 Å². The third-order valence-electron chi connectivity index (χ3n) is 3.83. The molecule has 0 spiro atoms. The first-order valence-electron chi connectivity index (χ1n) is 7.51. The van der Waals surface area contributed by atoms with E-state index >= 15 is 0 Å². The Morgan fingerprint density at radius 1 is 1.52 bits per heavy atom. The lowest BCUT2D eigenvalue weighted by atomic mass is 9.94. The molecule has 0 amide bonds. The van der Waals surface area contributed by atoms with Crippen LogP contribution in [-0.4, -0.2) is 43.4 Å². The first kappa shape index (κ1) is 15.8. The number of nitrogens with two attached hydrogens (primary N) is 1. The maximum Gasteiger partial charge on any atom is 0.354 e. The van der Waals surface area contributed by atoms with Crippen LogP contribution in [0.3, 0.4) is 0 Å². The molecular weight excluding hydrogens is 314 g/mol. The van der Waals surface area contributed by atoms with Crippen molar-refractivity contribution in [2.24, 2.45) is 5.73 Å². The van der Waals surface area contributed by atoms with Crippen molar-refractivity contribution in [3.63, 3.8) is 0 Å². The molecule has 122 valence electrons. The van der Waals surface area contributed by atoms with E-state index < -0.39 is 5.97 Å². The molecule has 0 atom stereocenters. The molecule has 2 aromatic heterocycles. The third-order valence-corrected chi connectivity index (χ3v) is 4.81. The van der Waals surface area contributed by atoms with E-state index in [9.17, 15) is 9.90 Å². The molecule has 8 heteroatoms. The summed E-state index contributed by atoms with van der Waals surface area (Å²) in [6.45, 7) is 4.73. The van der Waals surface area contributed by atoms with E-state index in [4.69, 9.17) is 5.73 Å². The van der Waals surface area contributed by atoms with Gasteiger partial charge in [-0.25, -0.2) is 4.79 Å². The molecule has 0 aliphatic heterocycles. The molecule has 1 aliphatic carbocycles. The Morgan fingerprint density at radius 3 is 3.04 bits per heavy atom. The zero-order chi connectivity index (χ0) is 16.4. The van der Waals surface area contributed by atoms with Crippen molar-refractivity contribution in [2.45, 2.75) is 30.8 Å². The number of carboxylic acids is 1. The van der Waals surface area contributed by atoms with E-state index in [1.54, 1.807) is 16.4 Å². The minimum absolute atomic E-state index is 0.278. The number of aromatic nitrogens is 4. The third kappa shape index (κ3) is 2.79. The van der Waals surface area contributed by atoms with Crippen molar-refractivity contribution < 1.29 is 9.90 Å². The summed E-state index contributed by atoms with van der Waals surface area (Å²) in [7, 11) is 0. The second-order valence-corrected chi connectivity index (χ2v) is 6.34. The Hall–Kier alpha value is -2.06. The number of nitrogens with zero attached hydrogens (tertiary/aromatic N) is 3. The van der Waals surface area contributed by atoms with Gasteiger partial charge in [0.1, 0.15) is 16.4 Å². The van der Waals surface area contributed by atoms with Crippen molar-refractivity contribution in [2.75, 3.05) is 12.3 Å². The average molecular weight is 333 g/mol. The zero-order valence-electron chi connectivity index (χ0n) is 12.7. The highest BCUT2D eigenvalue weighted by Gasteiger charge is 2.31. The van der Waals surface area contributed by atoms with Gasteiger partial charge in [0, 0.05) is 23.6 Å². The quantitative estimate of drug-likeness (QED) is 0.525. The highest BCUT2D eigenvalue weighted by atomic mass is 32.2. The molecule has 23 heavy (non-hydrogen) atoms. The molecule has 0 fully saturated rings. The standard InChI is InChI=1S/C15H19N5O2S/c1-2-8-23-14-11-10(17-18-14)5-4-9-12(11)19-20(7-3-6-16)13(9)15(21)22/h2H,1,3-8,16H2,(H,17,18)(H,21,22). The Kier molecular flexibility index (Phi) is 4.53. The van der Waals surface area contributed by atoms with Crippen LogP contribution < -0.4 is 5.73 Å². The average Bonchev–Trinajstić information content (AvgIpc) is 3.11. The fraction of sp³-hybridized carbons (Fsp3) is 0.400. The van der Waals surface area contributed by atoms with Crippen LogP contribution in [0.4, 0.5) is 0 Å². The molecule has 7 nitrogen and oxygen atoms in total. The second-order valence-electron chi connectivity index (χ2n) is 5.33. The van der Waals surface area contributed by atoms with Gasteiger partial charge in [-0.05, 0) is 25.8 Å². The molecule has 2 heterocycles. The summed E-state index contributed by atoms with van der Waals surface area (Å²) in [6.07, 6.45) is 3.91. The minimum atomic E-state index is -0.942. The van der Waals surface area contributed by atoms with E-state index in [-0.39, 0.29) is 5.69 Å². The Labute approximate surface area is 138 Å². The van der Waals surface area contributed by atoms with Crippen LogP contribution in [0.1, 0.15) is 28.2 Å². The first-order valence-corrected chi connectivity index (χ1v) is 8.50. The number of carbonyl (C=O) groups is 1. The van der Waals surface area contributed by atoms with Crippen molar-refractivity contribution in [3.8, 4) is 11.3 Å². The van der Waals surface area contributed by atoms with Crippen LogP contribution >= 0.6 is 11.8 Å². The van der Waals surface area contributed by atoms with Crippen molar-refractivity contribution >= 4 is 17.7 Å². The van der Waals surface area contributed by atoms with Gasteiger partial charge in [-0.2, -0.15) is 10.2 Å². The van der Waals surface area contributed by atoms with Gasteiger partial charge in [0.05, 0.1) is 5.56 Å². The van der Waals surface area contributed by atoms with E-state index in [2.05, 4.69) is 21.9 Å². The van der Waals surface area contributed by atoms with Gasteiger partial charge < -0.3 is 10.8 Å². The van der Waals surface area contributed by atoms with E-state index in [1.807, 2.05) is 6.08 Å². The molecule has 0 saturated carbocycles. The number of aromatic carboxylic acids is 1. The number of aryl methyl sites for hydroxylation is 2. The van der Waals surface area contributed by atoms with Gasteiger partial charge >= 0.3 is 5.97 Å². The fourth-order valence-electron chi connectivity index (χ4n) is 2.86. The van der Waals surface area contributed by atoms with Crippen LogP contribution in [0.15, 0.2) is 17.7 Å². The number of fused-ring (bicyclic) bond motifs is 3. The molecule has 0 unspecified atom stereocenters. The number of nitrogens with one attached hydrogen (secondary N) is 1. The number of hydrogen-bond acceptors (Lipinski definition) is 5. The Bertz CT molecular complexity index is 749. The molecular formula is C15H19N5O2S. The SMILES string of the molecule is C=CCSc1n[nH]c2c1-c1nn(CCCN)c(C(=O)O)c1CC2. The lowest BCUT2D eigenvalue weighted by Gasteiger charge is -2.11. The summed E-state index contributed by atoms with van der Waals surface area (Å²) in [5, 5.41) is 22.4. The minimum Gasteiger partial charge on any atom is -0.477 e. The lowest BCUT2D eigenvalue weighted by Crippen LogP contribution is -2.14. The van der Waals surface area contributed by atoms with Crippen LogP contribution in [0.2, 0.25) is 0 Å². The molecule has 3 rings (SSSR count). The zero-order valence-corrected chi connectivity index (χ0v) is 13.5. The first-order chi connectivity index (χ1) is 11.2. The molecule has 4 N–H and O–H groups in total. The van der Waals surface area contributed by atoms with Gasteiger partial charge in [-0.15, -0.1) is 6.58 Å². The van der Waals surface area contributed by atoms with Gasteiger partial charge in [0.25, 0.3) is 0 Å². The second kappa shape index (κ2) is 6.59. The number of aromatic amines is 1. The summed E-state index contributed by atoms with van der Waals surface area (Å²) < 4.78 is 1.57. The predicted octanol–water partition coefficient (Wildman–Crippen LogP) is 1.70. The molecule has 1 aliphatic rings. The fourth-order valence-corrected chi connectivity index (χ4v) is 3.61. The lowest BCUT2D eigenvalue weighted by molar-refractivity contribution is 0.0681. The number of carboxylic acid groups (broad SMARTS) is 1. The molecule has 2 aromatic rings. The Morgan fingerprint density at radius 2 is 2.35 bits per heavy atom. The molecule has 0 aromatic carbocycles. The number of rotatable bonds is 7. The van der Waals surface area contributed by atoms with E-state index in [0.29, 0.717) is 25.9 Å². The van der Waals surface area contributed by atoms with Crippen LogP contribution in [0, 0.1) is 0 Å². The van der Waals surface area contributed by atoms with Crippen LogP contribution in [-0.2, 0) is 19.4 Å². The van der Waals surface area contributed by atoms with Gasteiger partial charge in [0.2, 0.25) is 0 Å². The van der Waals surface area contributed by atoms with E-state index in [1.165, 1.54) is 0 Å². The summed E-state index contributed by atoms with van der Waals surface area (Å²) in [6, 6.07) is 0. The maximum atomic E-state index is 11.7. The smallest absolute Gasteiger partial charge is 0.354 e. The monoisotopic (exact) mass is 333 g/mol. The topological polar surface area (TPSA) is 110 Å². The number of H-pyrrole nitrogens is 1. The van der Waals surface area contributed by atoms with E-state index in [0.717, 1.165) is 39.7 Å². The largest absolute Gasteiger partial charge is 0.477 e. The normalized spacial score (nSPS) is 12.7. The highest BCUT2D eigenvalue weighted by Crippen LogP contribution is 2.39. The summed E-state index contributed by atoms with van der Waals surface area (Å²) in [4.78, 5) is 11.7. The van der Waals surface area contributed by atoms with Gasteiger partial charge in [-0.1, -0.05) is 17.8 Å². The van der Waals surface area contributed by atoms with Crippen LogP contribution in [0.5, 0.6) is 0 Å². The predicted molar refractivity (Wildman–Crippen MR) is 88.8 cm³/mol. The van der Waals surface area contributed by atoms with Crippen LogP contribution in [0.25, 0.3) is 11.3 Å². The summed E-state index contributed by atoms with van der Waals surface area (Å²) in [5.41, 5.74) is 9.31. The number of hydrogen-bond donors (Lipinski definition) is 3. The van der Waals surface area contributed by atoms with Crippen molar-refractivity contribution in [3.05, 3.63) is 29.6 Å². The summed E-state index contributed by atoms with van der Waals surface area (Å²) >= 11 is 1.57. The molecule has 0 bridgehead atoms. The molecule has 0 saturated heterocycles. The van der Waals surface area contributed by atoms with Gasteiger partial charge in [-0.3, -0.25) is 9.78 Å². The molecule has 0 radical (unpaired) electrons. The highest BCUT2D eigenvalue weighted by molar-refractivity contribution is 7.99. The van der Waals surface area contributed by atoms with Gasteiger partial charge in [0.15, 0.2) is 0 Å². The summed E-state index contributed by atoms with van der Waals surface area (Å²) in [5.74, 6) is -0.199. The Balaban J connectivity index is 2.09. The number of thioether (sulfide) groups is 1. The maximum absolute atomic E-state index is 11.7. The van der Waals surface area contributed by atoms with Crippen molar-refractivity contribution in [1.29, 1.82) is 0 Å².